The first-order valence-electron chi connectivity index (χ1n) is 7.68. The van der Waals surface area contributed by atoms with Crippen molar-refractivity contribution in [1.29, 1.82) is 0 Å². The topological polar surface area (TPSA) is 41.6 Å². The number of anilines is 1. The van der Waals surface area contributed by atoms with E-state index < -0.39 is 0 Å². The normalized spacial score (nSPS) is 17.0. The minimum atomic E-state index is -0.133. The first-order valence-corrected chi connectivity index (χ1v) is 9.10. The fourth-order valence-electron chi connectivity index (χ4n) is 2.63. The van der Waals surface area contributed by atoms with Crippen LogP contribution in [-0.4, -0.2) is 30.3 Å². The monoisotopic (exact) mass is 362 g/mol. The molecular weight excluding hydrogens is 344 g/mol. The van der Waals surface area contributed by atoms with Crippen LogP contribution in [0.25, 0.3) is 0 Å². The number of urea groups is 1. The Bertz CT molecular complexity index is 736. The van der Waals surface area contributed by atoms with E-state index in [-0.39, 0.29) is 11.4 Å². The summed E-state index contributed by atoms with van der Waals surface area (Å²) >= 11 is 7.97. The number of ether oxygens (including phenoxy) is 1. The van der Waals surface area contributed by atoms with Gasteiger partial charge in [0.2, 0.25) is 0 Å². The number of nitrogens with zero attached hydrogens (tertiary/aromatic N) is 1. The third-order valence-electron chi connectivity index (χ3n) is 3.92. The number of carbonyl (C=O) groups excluding carboxylic acids is 1. The van der Waals surface area contributed by atoms with Crippen LogP contribution < -0.4 is 10.1 Å². The van der Waals surface area contributed by atoms with Gasteiger partial charge in [0.25, 0.3) is 0 Å². The number of carbonyl (C=O) groups is 1. The van der Waals surface area contributed by atoms with Crippen LogP contribution in [0.5, 0.6) is 5.75 Å². The van der Waals surface area contributed by atoms with Crippen molar-refractivity contribution in [2.45, 2.75) is 12.3 Å². The summed E-state index contributed by atoms with van der Waals surface area (Å²) in [6, 6.07) is 13.3. The third-order valence-corrected chi connectivity index (χ3v) is 5.49. The zero-order valence-electron chi connectivity index (χ0n) is 13.6. The van der Waals surface area contributed by atoms with Crippen molar-refractivity contribution in [1.82, 2.24) is 4.90 Å². The van der Waals surface area contributed by atoms with Crippen molar-refractivity contribution < 1.29 is 9.53 Å². The molecule has 3 rings (SSSR count). The molecule has 0 radical (unpaired) electrons. The fraction of sp³-hybridized carbons (Fsp3) is 0.278. The molecular formula is C18H19ClN2O2S. The fourth-order valence-corrected chi connectivity index (χ4v) is 4.17. The summed E-state index contributed by atoms with van der Waals surface area (Å²) in [5.74, 6) is 1.72. The lowest BCUT2D eigenvalue weighted by Gasteiger charge is -2.25. The van der Waals surface area contributed by atoms with Gasteiger partial charge in [0.15, 0.2) is 0 Å². The van der Waals surface area contributed by atoms with E-state index in [1.807, 2.05) is 54.3 Å². The van der Waals surface area contributed by atoms with E-state index in [9.17, 15) is 4.79 Å². The highest BCUT2D eigenvalue weighted by Crippen LogP contribution is 2.39. The lowest BCUT2D eigenvalue weighted by Crippen LogP contribution is -2.34. The molecule has 2 aromatic carbocycles. The van der Waals surface area contributed by atoms with Crippen LogP contribution in [0.3, 0.4) is 0 Å². The van der Waals surface area contributed by atoms with Crippen LogP contribution in [0.15, 0.2) is 42.5 Å². The van der Waals surface area contributed by atoms with Crippen LogP contribution >= 0.6 is 23.4 Å². The van der Waals surface area contributed by atoms with Gasteiger partial charge >= 0.3 is 6.03 Å². The van der Waals surface area contributed by atoms with E-state index in [4.69, 9.17) is 16.3 Å². The van der Waals surface area contributed by atoms with Crippen LogP contribution in [0.2, 0.25) is 5.02 Å². The quantitative estimate of drug-likeness (QED) is 0.841. The predicted molar refractivity (Wildman–Crippen MR) is 100 cm³/mol. The van der Waals surface area contributed by atoms with Gasteiger partial charge in [0.05, 0.1) is 17.8 Å². The highest BCUT2D eigenvalue weighted by atomic mass is 35.5. The summed E-state index contributed by atoms with van der Waals surface area (Å²) in [4.78, 5) is 14.5. The molecule has 0 spiro atoms. The second kappa shape index (κ2) is 7.36. The standard InChI is InChI=1S/C18H19ClN2O2S/c1-12-3-8-16(15(19)11-12)20-18(22)21-9-10-24-17(21)13-4-6-14(23-2)7-5-13/h3-8,11,17H,9-10H2,1-2H3,(H,20,22). The van der Waals surface area contributed by atoms with Crippen LogP contribution in [0, 0.1) is 6.92 Å². The van der Waals surface area contributed by atoms with E-state index in [2.05, 4.69) is 5.32 Å². The molecule has 1 atom stereocenters. The van der Waals surface area contributed by atoms with Gasteiger partial charge in [-0.25, -0.2) is 4.79 Å². The largest absolute Gasteiger partial charge is 0.497 e. The van der Waals surface area contributed by atoms with Crippen molar-refractivity contribution in [2.75, 3.05) is 24.7 Å². The Morgan fingerprint density at radius 3 is 2.71 bits per heavy atom. The molecule has 2 aromatic rings. The molecule has 6 heteroatoms. The highest BCUT2D eigenvalue weighted by Gasteiger charge is 2.31. The number of hydrogen-bond donors (Lipinski definition) is 1. The number of nitrogens with one attached hydrogen (secondary N) is 1. The maximum absolute atomic E-state index is 12.7. The molecule has 1 unspecified atom stereocenters. The van der Waals surface area contributed by atoms with Crippen molar-refractivity contribution >= 4 is 35.1 Å². The first-order chi connectivity index (χ1) is 11.6. The lowest BCUT2D eigenvalue weighted by molar-refractivity contribution is 0.214. The van der Waals surface area contributed by atoms with Gasteiger partial charge < -0.3 is 15.0 Å². The smallest absolute Gasteiger partial charge is 0.323 e. The second-order valence-electron chi connectivity index (χ2n) is 5.60. The average Bonchev–Trinajstić information content (AvgIpc) is 3.07. The summed E-state index contributed by atoms with van der Waals surface area (Å²) in [5, 5.41) is 3.47. The number of methoxy groups -OCH3 is 1. The molecule has 0 saturated carbocycles. The van der Waals surface area contributed by atoms with Crippen molar-refractivity contribution in [3.05, 3.63) is 58.6 Å². The van der Waals surface area contributed by atoms with Crippen molar-refractivity contribution in [3.63, 3.8) is 0 Å². The molecule has 0 bridgehead atoms. The van der Waals surface area contributed by atoms with Crippen LogP contribution in [-0.2, 0) is 0 Å². The van der Waals surface area contributed by atoms with Gasteiger partial charge in [-0.3, -0.25) is 0 Å². The molecule has 1 aliphatic heterocycles. The predicted octanol–water partition coefficient (Wildman–Crippen LogP) is 4.94. The molecule has 1 heterocycles. The van der Waals surface area contributed by atoms with Crippen molar-refractivity contribution in [2.24, 2.45) is 0 Å². The Kier molecular flexibility index (Phi) is 5.21. The van der Waals surface area contributed by atoms with E-state index in [0.717, 1.165) is 22.6 Å². The number of hydrogen-bond acceptors (Lipinski definition) is 3. The zero-order chi connectivity index (χ0) is 17.1. The van der Waals surface area contributed by atoms with Gasteiger partial charge in [-0.05, 0) is 42.3 Å². The average molecular weight is 363 g/mol. The van der Waals surface area contributed by atoms with E-state index in [0.29, 0.717) is 17.3 Å². The van der Waals surface area contributed by atoms with E-state index in [1.165, 1.54) is 0 Å². The first kappa shape index (κ1) is 17.0. The Morgan fingerprint density at radius 1 is 1.29 bits per heavy atom. The maximum Gasteiger partial charge on any atom is 0.323 e. The SMILES string of the molecule is COc1ccc(C2SCCN2C(=O)Nc2ccc(C)cc2Cl)cc1. The Labute approximate surface area is 151 Å². The third kappa shape index (κ3) is 3.62. The molecule has 1 fully saturated rings. The van der Waals surface area contributed by atoms with Crippen molar-refractivity contribution in [3.8, 4) is 5.75 Å². The van der Waals surface area contributed by atoms with Gasteiger partial charge in [-0.1, -0.05) is 29.8 Å². The van der Waals surface area contributed by atoms with Gasteiger partial charge in [0, 0.05) is 12.3 Å². The minimum absolute atomic E-state index is 0.000120. The number of amides is 2. The number of rotatable bonds is 3. The molecule has 1 aliphatic rings. The van der Waals surface area contributed by atoms with E-state index in [1.54, 1.807) is 18.9 Å². The molecule has 1 saturated heterocycles. The van der Waals surface area contributed by atoms with Gasteiger partial charge in [-0.15, -0.1) is 11.8 Å². The number of halogens is 1. The summed E-state index contributed by atoms with van der Waals surface area (Å²) in [5.41, 5.74) is 2.78. The van der Waals surface area contributed by atoms with Gasteiger partial charge in [-0.2, -0.15) is 0 Å². The van der Waals surface area contributed by atoms with Gasteiger partial charge in [0.1, 0.15) is 11.1 Å². The summed E-state index contributed by atoms with van der Waals surface area (Å²) in [6.07, 6.45) is 0. The van der Waals surface area contributed by atoms with E-state index >= 15 is 0 Å². The summed E-state index contributed by atoms with van der Waals surface area (Å²) in [6.45, 7) is 2.67. The molecule has 0 aliphatic carbocycles. The number of aryl methyl sites for hydroxylation is 1. The Hall–Kier alpha value is -1.85. The summed E-state index contributed by atoms with van der Waals surface area (Å²) in [7, 11) is 1.64. The highest BCUT2D eigenvalue weighted by molar-refractivity contribution is 7.99. The molecule has 0 aromatic heterocycles. The maximum atomic E-state index is 12.7. The molecule has 24 heavy (non-hydrogen) atoms. The second-order valence-corrected chi connectivity index (χ2v) is 7.20. The molecule has 126 valence electrons. The molecule has 2 amide bonds. The number of benzene rings is 2. The minimum Gasteiger partial charge on any atom is -0.497 e. The Morgan fingerprint density at radius 2 is 2.04 bits per heavy atom. The zero-order valence-corrected chi connectivity index (χ0v) is 15.2. The number of thioether (sulfide) groups is 1. The molecule has 4 nitrogen and oxygen atoms in total. The summed E-state index contributed by atoms with van der Waals surface area (Å²) < 4.78 is 5.19. The van der Waals surface area contributed by atoms with Crippen LogP contribution in [0.1, 0.15) is 16.5 Å². The Balaban J connectivity index is 1.75. The molecule has 1 N–H and O–H groups in total. The van der Waals surface area contributed by atoms with Crippen LogP contribution in [0.4, 0.5) is 10.5 Å². The lowest BCUT2D eigenvalue weighted by atomic mass is 10.2.